The maximum absolute atomic E-state index is 13.3. The van der Waals surface area contributed by atoms with Gasteiger partial charge in [0, 0.05) is 49.6 Å². The van der Waals surface area contributed by atoms with E-state index in [1.807, 2.05) is 42.2 Å². The van der Waals surface area contributed by atoms with Crippen LogP contribution in [0.1, 0.15) is 38.7 Å². The van der Waals surface area contributed by atoms with E-state index in [0.29, 0.717) is 32.5 Å². The number of carbonyl (C=O) groups excluding carboxylic acids is 3. The molecular weight excluding hydrogens is 576 g/mol. The second-order valence-corrected chi connectivity index (χ2v) is 11.1. The van der Waals surface area contributed by atoms with Crippen LogP contribution < -0.4 is 5.32 Å². The van der Waals surface area contributed by atoms with Gasteiger partial charge in [-0.3, -0.25) is 4.79 Å². The van der Waals surface area contributed by atoms with Gasteiger partial charge in [-0.2, -0.15) is 9.98 Å². The van der Waals surface area contributed by atoms with E-state index in [1.54, 1.807) is 17.9 Å². The predicted octanol–water partition coefficient (Wildman–Crippen LogP) is 3.07. The molecule has 0 bridgehead atoms. The van der Waals surface area contributed by atoms with E-state index in [9.17, 15) is 19.5 Å². The number of nitrogens with one attached hydrogen (secondary N) is 1. The van der Waals surface area contributed by atoms with Crippen molar-refractivity contribution in [3.63, 3.8) is 0 Å². The number of aliphatic hydroxyl groups is 2. The molecule has 0 saturated carbocycles. The van der Waals surface area contributed by atoms with E-state index in [4.69, 9.17) is 9.84 Å². The van der Waals surface area contributed by atoms with Crippen molar-refractivity contribution in [3.8, 4) is 0 Å². The molecule has 12 nitrogen and oxygen atoms in total. The summed E-state index contributed by atoms with van der Waals surface area (Å²) in [6.07, 6.45) is 4.26. The maximum atomic E-state index is 13.3. The summed E-state index contributed by atoms with van der Waals surface area (Å²) in [4.78, 5) is 53.8. The fraction of sp³-hybridized carbons (Fsp3) is 0.455. The van der Waals surface area contributed by atoms with Crippen molar-refractivity contribution < 1.29 is 29.3 Å². The molecule has 4 rings (SSSR count). The third-order valence-corrected chi connectivity index (χ3v) is 7.86. The van der Waals surface area contributed by atoms with E-state index >= 15 is 0 Å². The number of hydrogen-bond donors (Lipinski definition) is 3. The van der Waals surface area contributed by atoms with Crippen molar-refractivity contribution in [2.45, 2.75) is 57.8 Å². The van der Waals surface area contributed by atoms with Crippen LogP contribution in [0.2, 0.25) is 0 Å². The number of fused-ring (bicyclic) bond motifs is 1. The quantitative estimate of drug-likeness (QED) is 0.302. The van der Waals surface area contributed by atoms with Crippen molar-refractivity contribution in [2.75, 3.05) is 38.1 Å². The van der Waals surface area contributed by atoms with Gasteiger partial charge in [0.15, 0.2) is 6.10 Å². The summed E-state index contributed by atoms with van der Waals surface area (Å²) in [5.74, 6) is 6.21. The Morgan fingerprint density at radius 3 is 2.71 bits per heavy atom. The number of para-hydroxylation sites is 1. The average molecular weight is 615 g/mol. The number of amides is 4. The average Bonchev–Trinajstić information content (AvgIpc) is 3.20. The molecular formula is C33H38N6O6. The van der Waals surface area contributed by atoms with E-state index in [-0.39, 0.29) is 37.6 Å². The number of aliphatic hydroxyl groups excluding tert-OH is 2. The van der Waals surface area contributed by atoms with Gasteiger partial charge < -0.3 is 30.1 Å². The second-order valence-electron chi connectivity index (χ2n) is 11.1. The van der Waals surface area contributed by atoms with Crippen LogP contribution in [0.15, 0.2) is 74.5 Å². The maximum Gasteiger partial charge on any atom is 0.410 e. The van der Waals surface area contributed by atoms with Gasteiger partial charge in [0.1, 0.15) is 0 Å². The number of likely N-dealkylation sites (tertiary alicyclic amines) is 1. The Morgan fingerprint density at radius 2 is 1.96 bits per heavy atom. The van der Waals surface area contributed by atoms with Crippen LogP contribution in [0.3, 0.4) is 0 Å². The minimum atomic E-state index is -1.23. The standard InChI is InChI=1S/C33H38N6O6/c1-23-20-25(21-24(2)30(23)41)22-29(31(42)36-12-5-11-34-13-14-35-15-19-40)45-33(44)38-16-9-27(10-17-38)39-18-8-26-6-3-4-7-28(26)37-32(39)43/h3-4,6-7,11,20-21,23,27,29-30,40-41H,8-10,15-19,22H2,1-2H3,(H,37,43)/t23?,29-,30?/m1/s1. The molecule has 3 atom stereocenters. The number of nitrogens with zero attached hydrogens (tertiary/aromatic N) is 5. The number of rotatable bonds is 8. The molecule has 0 aromatic heterocycles. The summed E-state index contributed by atoms with van der Waals surface area (Å²) < 4.78 is 5.71. The lowest BCUT2D eigenvalue weighted by Gasteiger charge is -2.37. The first-order valence-electron chi connectivity index (χ1n) is 15.0. The number of ether oxygens (including phenoxy) is 1. The molecule has 1 fully saturated rings. The van der Waals surface area contributed by atoms with Gasteiger partial charge in [-0.05, 0) is 54.7 Å². The molecule has 0 radical (unpaired) electrons. The Balaban J connectivity index is 1.41. The lowest BCUT2D eigenvalue weighted by atomic mass is 9.87. The summed E-state index contributed by atoms with van der Waals surface area (Å²) in [6.45, 7) is 5.07. The monoisotopic (exact) mass is 614 g/mol. The number of allylic oxidation sites excluding steroid dienone is 1. The van der Waals surface area contributed by atoms with Gasteiger partial charge in [-0.15, -0.1) is 0 Å². The van der Waals surface area contributed by atoms with Crippen molar-refractivity contribution >= 4 is 41.3 Å². The van der Waals surface area contributed by atoms with Crippen LogP contribution >= 0.6 is 0 Å². The molecule has 12 heteroatoms. The second kappa shape index (κ2) is 16.3. The first kappa shape index (κ1) is 33.1. The zero-order valence-electron chi connectivity index (χ0n) is 25.5. The highest BCUT2D eigenvalue weighted by molar-refractivity contribution is 5.91. The molecule has 1 aromatic rings. The summed E-state index contributed by atoms with van der Waals surface area (Å²) in [5.41, 5.74) is 5.89. The Bertz CT molecular complexity index is 1530. The highest BCUT2D eigenvalue weighted by atomic mass is 16.6. The van der Waals surface area contributed by atoms with E-state index in [2.05, 4.69) is 43.6 Å². The molecule has 4 amide bonds. The van der Waals surface area contributed by atoms with Crippen molar-refractivity contribution in [1.29, 1.82) is 0 Å². The Morgan fingerprint density at radius 1 is 1.18 bits per heavy atom. The minimum Gasteiger partial charge on any atom is -0.435 e. The summed E-state index contributed by atoms with van der Waals surface area (Å²) in [6, 6.07) is 7.58. The summed E-state index contributed by atoms with van der Waals surface area (Å²) in [5, 5.41) is 22.0. The van der Waals surface area contributed by atoms with Crippen LogP contribution in [-0.4, -0.2) is 107 Å². The van der Waals surface area contributed by atoms with Gasteiger partial charge in [-0.1, -0.05) is 37.3 Å². The zero-order valence-corrected chi connectivity index (χ0v) is 25.5. The lowest BCUT2D eigenvalue weighted by molar-refractivity contribution is -0.126. The highest BCUT2D eigenvalue weighted by Crippen LogP contribution is 2.28. The lowest BCUT2D eigenvalue weighted by Crippen LogP contribution is -2.50. The van der Waals surface area contributed by atoms with E-state index in [1.165, 1.54) is 0 Å². The fourth-order valence-corrected chi connectivity index (χ4v) is 5.51. The van der Waals surface area contributed by atoms with Crippen molar-refractivity contribution in [3.05, 3.63) is 65.1 Å². The molecule has 236 valence electrons. The molecule has 0 spiro atoms. The Labute approximate surface area is 262 Å². The molecule has 45 heavy (non-hydrogen) atoms. The Hall–Kier alpha value is -4.78. The van der Waals surface area contributed by atoms with E-state index < -0.39 is 24.2 Å². The zero-order chi connectivity index (χ0) is 32.2. The van der Waals surface area contributed by atoms with Gasteiger partial charge in [0.05, 0.1) is 37.2 Å². The number of hydrogen-bond acceptors (Lipinski definition) is 8. The van der Waals surface area contributed by atoms with Gasteiger partial charge in [-0.25, -0.2) is 14.6 Å². The molecule has 1 aromatic carbocycles. The number of urea groups is 1. The van der Waals surface area contributed by atoms with Crippen molar-refractivity contribution in [1.82, 2.24) is 9.80 Å². The van der Waals surface area contributed by atoms with Gasteiger partial charge in [0.25, 0.3) is 5.91 Å². The Kier molecular flexibility index (Phi) is 12.0. The van der Waals surface area contributed by atoms with Crippen molar-refractivity contribution in [2.24, 2.45) is 20.9 Å². The van der Waals surface area contributed by atoms with Crippen LogP contribution in [0, 0.1) is 5.92 Å². The molecule has 1 saturated heterocycles. The highest BCUT2D eigenvalue weighted by Gasteiger charge is 2.34. The van der Waals surface area contributed by atoms with Gasteiger partial charge in [0.2, 0.25) is 0 Å². The number of anilines is 1. The third-order valence-electron chi connectivity index (χ3n) is 7.86. The molecule has 1 aliphatic carbocycles. The third kappa shape index (κ3) is 9.35. The normalized spacial score (nSPS) is 20.2. The summed E-state index contributed by atoms with van der Waals surface area (Å²) in [7, 11) is 0. The molecule has 2 aliphatic heterocycles. The predicted molar refractivity (Wildman–Crippen MR) is 170 cm³/mol. The SMILES string of the molecule is CC1=CC(C[C@@H](OC(=O)N2CCC(N3CCc4ccccc4NC3=O)CC2)C(=O)N=C=C=CN=C=C=NCCO)=CC(C)C1O. The van der Waals surface area contributed by atoms with Crippen LogP contribution in [0.25, 0.3) is 0 Å². The smallest absolute Gasteiger partial charge is 0.410 e. The first-order valence-corrected chi connectivity index (χ1v) is 15.0. The molecule has 2 unspecified atom stereocenters. The van der Waals surface area contributed by atoms with Gasteiger partial charge >= 0.3 is 12.1 Å². The summed E-state index contributed by atoms with van der Waals surface area (Å²) >= 11 is 0. The molecule has 3 aliphatic rings. The first-order chi connectivity index (χ1) is 21.8. The van der Waals surface area contributed by atoms with Crippen LogP contribution in [-0.2, 0) is 16.0 Å². The minimum absolute atomic E-state index is 0.0332. The van der Waals surface area contributed by atoms with Crippen LogP contribution in [0.4, 0.5) is 15.3 Å². The number of carbonyl (C=O) groups is 3. The fourth-order valence-electron chi connectivity index (χ4n) is 5.51. The molecule has 3 N–H and O–H groups in total. The number of benzene rings is 1. The topological polar surface area (TPSA) is 156 Å². The number of aliphatic imine (C=N–C) groups is 3. The molecule has 2 heterocycles. The van der Waals surface area contributed by atoms with Crippen LogP contribution in [0.5, 0.6) is 0 Å². The largest absolute Gasteiger partial charge is 0.435 e. The number of piperidine rings is 1. The van der Waals surface area contributed by atoms with E-state index in [0.717, 1.165) is 35.0 Å².